The van der Waals surface area contributed by atoms with Crippen LogP contribution in [0.5, 0.6) is 5.75 Å². The van der Waals surface area contributed by atoms with Gasteiger partial charge in [0, 0.05) is 0 Å². The van der Waals surface area contributed by atoms with Gasteiger partial charge in [0.25, 0.3) is 0 Å². The second-order valence-corrected chi connectivity index (χ2v) is 4.84. The van der Waals surface area contributed by atoms with Gasteiger partial charge in [0.05, 0.1) is 0 Å². The smallest absolute Gasteiger partial charge is 0.362 e. The molecule has 18 heavy (non-hydrogen) atoms. The SMILES string of the molecule is O=S(=O)(O)Oc1ccc(Cc2ccccc2)cc1. The first kappa shape index (κ1) is 12.6. The Morgan fingerprint density at radius 2 is 1.44 bits per heavy atom. The summed E-state index contributed by atoms with van der Waals surface area (Å²) in [4.78, 5) is 0. The molecule has 0 amide bonds. The summed E-state index contributed by atoms with van der Waals surface area (Å²) in [5.74, 6) is 0.0920. The second-order valence-electron chi connectivity index (χ2n) is 3.82. The van der Waals surface area contributed by atoms with Crippen LogP contribution >= 0.6 is 0 Å². The van der Waals surface area contributed by atoms with Crippen molar-refractivity contribution in [3.05, 3.63) is 65.7 Å². The quantitative estimate of drug-likeness (QED) is 0.861. The number of hydrogen-bond donors (Lipinski definition) is 1. The summed E-state index contributed by atoms with van der Waals surface area (Å²) in [5.41, 5.74) is 2.20. The average Bonchev–Trinajstić information content (AvgIpc) is 2.31. The van der Waals surface area contributed by atoms with Gasteiger partial charge in [0.1, 0.15) is 5.75 Å². The number of rotatable bonds is 4. The summed E-state index contributed by atoms with van der Waals surface area (Å²) >= 11 is 0. The monoisotopic (exact) mass is 264 g/mol. The summed E-state index contributed by atoms with van der Waals surface area (Å²) in [6, 6.07) is 16.4. The molecule has 1 N–H and O–H groups in total. The van der Waals surface area contributed by atoms with E-state index < -0.39 is 10.4 Å². The first-order chi connectivity index (χ1) is 8.53. The van der Waals surface area contributed by atoms with Gasteiger partial charge in [-0.3, -0.25) is 4.55 Å². The molecule has 0 bridgehead atoms. The van der Waals surface area contributed by atoms with Gasteiger partial charge in [-0.1, -0.05) is 42.5 Å². The zero-order valence-electron chi connectivity index (χ0n) is 9.48. The molecule has 0 radical (unpaired) electrons. The Balaban J connectivity index is 2.09. The molecule has 0 aliphatic rings. The predicted molar refractivity (Wildman–Crippen MR) is 67.9 cm³/mol. The summed E-state index contributed by atoms with van der Waals surface area (Å²) in [6.45, 7) is 0. The highest BCUT2D eigenvalue weighted by atomic mass is 32.3. The van der Waals surface area contributed by atoms with Crippen LogP contribution in [0.3, 0.4) is 0 Å². The number of benzene rings is 2. The van der Waals surface area contributed by atoms with Gasteiger partial charge < -0.3 is 4.18 Å². The van der Waals surface area contributed by atoms with Crippen LogP contribution in [-0.4, -0.2) is 13.0 Å². The van der Waals surface area contributed by atoms with E-state index in [0.717, 1.165) is 12.0 Å². The Kier molecular flexibility index (Phi) is 3.64. The number of hydrogen-bond acceptors (Lipinski definition) is 3. The van der Waals surface area contributed by atoms with E-state index in [2.05, 4.69) is 4.18 Å². The molecule has 94 valence electrons. The highest BCUT2D eigenvalue weighted by Crippen LogP contribution is 2.16. The van der Waals surface area contributed by atoms with Gasteiger partial charge in [-0.2, -0.15) is 8.42 Å². The molecule has 4 nitrogen and oxygen atoms in total. The lowest BCUT2D eigenvalue weighted by Gasteiger charge is -2.04. The minimum atomic E-state index is -4.45. The van der Waals surface area contributed by atoms with Crippen molar-refractivity contribution < 1.29 is 17.2 Å². The Morgan fingerprint density at radius 1 is 0.889 bits per heavy atom. The topological polar surface area (TPSA) is 63.6 Å². The van der Waals surface area contributed by atoms with Gasteiger partial charge in [-0.15, -0.1) is 0 Å². The second kappa shape index (κ2) is 5.20. The van der Waals surface area contributed by atoms with Crippen LogP contribution in [0.25, 0.3) is 0 Å². The van der Waals surface area contributed by atoms with Gasteiger partial charge in [0.15, 0.2) is 0 Å². The maximum Gasteiger partial charge on any atom is 0.446 e. The van der Waals surface area contributed by atoms with Crippen molar-refractivity contribution in [1.29, 1.82) is 0 Å². The lowest BCUT2D eigenvalue weighted by Crippen LogP contribution is -2.06. The molecule has 0 spiro atoms. The van der Waals surface area contributed by atoms with E-state index in [-0.39, 0.29) is 5.75 Å². The third-order valence-corrected chi connectivity index (χ3v) is 2.78. The third-order valence-electron chi connectivity index (χ3n) is 2.38. The molecule has 0 unspecified atom stereocenters. The molecule has 0 saturated heterocycles. The highest BCUT2D eigenvalue weighted by molar-refractivity contribution is 7.81. The lowest BCUT2D eigenvalue weighted by molar-refractivity contribution is 0.387. The maximum absolute atomic E-state index is 10.5. The third kappa shape index (κ3) is 3.87. The van der Waals surface area contributed by atoms with Gasteiger partial charge in [0.2, 0.25) is 0 Å². The summed E-state index contributed by atoms with van der Waals surface area (Å²) < 4.78 is 33.9. The molecule has 0 aliphatic carbocycles. The van der Waals surface area contributed by atoms with Crippen LogP contribution in [-0.2, 0) is 16.8 Å². The van der Waals surface area contributed by atoms with Crippen LogP contribution in [0.4, 0.5) is 0 Å². The average molecular weight is 264 g/mol. The van der Waals surface area contributed by atoms with Crippen molar-refractivity contribution in [2.45, 2.75) is 6.42 Å². The van der Waals surface area contributed by atoms with Crippen molar-refractivity contribution in [3.63, 3.8) is 0 Å². The van der Waals surface area contributed by atoms with Gasteiger partial charge in [-0.05, 0) is 29.7 Å². The first-order valence-electron chi connectivity index (χ1n) is 5.33. The molecule has 0 fully saturated rings. The molecule has 2 aromatic rings. The molecule has 0 heterocycles. The molecule has 0 aliphatic heterocycles. The lowest BCUT2D eigenvalue weighted by atomic mass is 10.1. The van der Waals surface area contributed by atoms with Crippen LogP contribution in [0.2, 0.25) is 0 Å². The molecular formula is C13H12O4S. The fraction of sp³-hybridized carbons (Fsp3) is 0.0769. The van der Waals surface area contributed by atoms with Crippen molar-refractivity contribution in [1.82, 2.24) is 0 Å². The summed E-state index contributed by atoms with van der Waals surface area (Å²) in [7, 11) is -4.45. The highest BCUT2D eigenvalue weighted by Gasteiger charge is 2.06. The molecule has 0 atom stereocenters. The molecular weight excluding hydrogens is 252 g/mol. The van der Waals surface area contributed by atoms with Gasteiger partial charge >= 0.3 is 10.4 Å². The van der Waals surface area contributed by atoms with E-state index in [1.807, 2.05) is 30.3 Å². The Hall–Kier alpha value is -1.85. The minimum Gasteiger partial charge on any atom is -0.362 e. The fourth-order valence-corrected chi connectivity index (χ4v) is 1.97. The maximum atomic E-state index is 10.5. The van der Waals surface area contributed by atoms with Crippen LogP contribution in [0, 0.1) is 0 Å². The molecule has 0 saturated carbocycles. The zero-order valence-corrected chi connectivity index (χ0v) is 10.3. The largest absolute Gasteiger partial charge is 0.446 e. The first-order valence-corrected chi connectivity index (χ1v) is 6.69. The molecule has 2 aromatic carbocycles. The van der Waals surface area contributed by atoms with E-state index in [4.69, 9.17) is 4.55 Å². The van der Waals surface area contributed by atoms with E-state index in [1.54, 1.807) is 12.1 Å². The van der Waals surface area contributed by atoms with Crippen molar-refractivity contribution >= 4 is 10.4 Å². The van der Waals surface area contributed by atoms with E-state index in [0.29, 0.717) is 0 Å². The Bertz CT molecular complexity index is 603. The van der Waals surface area contributed by atoms with E-state index in [1.165, 1.54) is 17.7 Å². The summed E-state index contributed by atoms with van der Waals surface area (Å²) in [6.07, 6.45) is 0.757. The van der Waals surface area contributed by atoms with Crippen LogP contribution < -0.4 is 4.18 Å². The Morgan fingerprint density at radius 3 is 2.00 bits per heavy atom. The molecule has 2 rings (SSSR count). The molecule has 0 aromatic heterocycles. The van der Waals surface area contributed by atoms with Crippen molar-refractivity contribution in [2.75, 3.05) is 0 Å². The normalized spacial score (nSPS) is 11.2. The van der Waals surface area contributed by atoms with Crippen LogP contribution in [0.1, 0.15) is 11.1 Å². The molecule has 5 heteroatoms. The fourth-order valence-electron chi connectivity index (χ4n) is 1.62. The zero-order chi connectivity index (χ0) is 13.0. The summed E-state index contributed by atoms with van der Waals surface area (Å²) in [5, 5.41) is 0. The predicted octanol–water partition coefficient (Wildman–Crippen LogP) is 2.46. The van der Waals surface area contributed by atoms with E-state index >= 15 is 0 Å². The Labute approximate surface area is 106 Å². The standard InChI is InChI=1S/C13H12O4S/c14-18(15,16)17-13-8-6-12(7-9-13)10-11-4-2-1-3-5-11/h1-9H,10H2,(H,14,15,16). The van der Waals surface area contributed by atoms with Crippen LogP contribution in [0.15, 0.2) is 54.6 Å². The van der Waals surface area contributed by atoms with E-state index in [9.17, 15) is 8.42 Å². The minimum absolute atomic E-state index is 0.0920. The van der Waals surface area contributed by atoms with Gasteiger partial charge in [-0.25, -0.2) is 0 Å². The van der Waals surface area contributed by atoms with Crippen molar-refractivity contribution in [2.24, 2.45) is 0 Å². The van der Waals surface area contributed by atoms with Crippen molar-refractivity contribution in [3.8, 4) is 5.75 Å².